The highest BCUT2D eigenvalue weighted by Gasteiger charge is 2.17. The molecular formula is C13H17N3S. The van der Waals surface area contributed by atoms with Gasteiger partial charge in [-0.15, -0.1) is 11.3 Å². The zero-order valence-electron chi connectivity index (χ0n) is 10.4. The molecule has 0 aromatic carbocycles. The SMILES string of the molecule is Cc1nc(-c2ccncc2)sc1CC(C)(C)N. The standard InChI is InChI=1S/C13H17N3S/c1-9-11(8-13(2,3)14)17-12(16-9)10-4-6-15-7-5-10/h4-7H,8,14H2,1-3H3. The largest absolute Gasteiger partial charge is 0.325 e. The van der Waals surface area contributed by atoms with Crippen LogP contribution in [0.4, 0.5) is 0 Å². The van der Waals surface area contributed by atoms with Gasteiger partial charge in [-0.05, 0) is 32.9 Å². The predicted molar refractivity (Wildman–Crippen MR) is 72.1 cm³/mol. The second-order valence-corrected chi connectivity index (χ2v) is 6.01. The zero-order chi connectivity index (χ0) is 12.5. The molecule has 2 N–H and O–H groups in total. The Balaban J connectivity index is 2.31. The summed E-state index contributed by atoms with van der Waals surface area (Å²) in [6, 6.07) is 3.96. The lowest BCUT2D eigenvalue weighted by Crippen LogP contribution is -2.34. The van der Waals surface area contributed by atoms with Crippen molar-refractivity contribution in [1.82, 2.24) is 9.97 Å². The summed E-state index contributed by atoms with van der Waals surface area (Å²) in [6.45, 7) is 6.12. The van der Waals surface area contributed by atoms with Crippen LogP contribution in [0.1, 0.15) is 24.4 Å². The number of aryl methyl sites for hydroxylation is 1. The molecule has 0 saturated carbocycles. The molecule has 2 rings (SSSR count). The molecule has 0 fully saturated rings. The normalized spacial score (nSPS) is 11.8. The molecule has 2 heterocycles. The fraction of sp³-hybridized carbons (Fsp3) is 0.385. The van der Waals surface area contributed by atoms with Gasteiger partial charge in [-0.3, -0.25) is 4.98 Å². The fourth-order valence-electron chi connectivity index (χ4n) is 1.62. The molecule has 0 amide bonds. The van der Waals surface area contributed by atoms with Crippen LogP contribution >= 0.6 is 11.3 Å². The van der Waals surface area contributed by atoms with E-state index in [4.69, 9.17) is 5.73 Å². The first-order valence-electron chi connectivity index (χ1n) is 5.61. The smallest absolute Gasteiger partial charge is 0.123 e. The number of nitrogens with zero attached hydrogens (tertiary/aromatic N) is 2. The van der Waals surface area contributed by atoms with Crippen LogP contribution in [0.3, 0.4) is 0 Å². The highest BCUT2D eigenvalue weighted by Crippen LogP contribution is 2.29. The van der Waals surface area contributed by atoms with E-state index >= 15 is 0 Å². The van der Waals surface area contributed by atoms with E-state index in [1.807, 2.05) is 32.9 Å². The van der Waals surface area contributed by atoms with Crippen LogP contribution in [0.25, 0.3) is 10.6 Å². The topological polar surface area (TPSA) is 51.8 Å². The molecule has 0 radical (unpaired) electrons. The predicted octanol–water partition coefficient (Wildman–Crippen LogP) is 2.79. The van der Waals surface area contributed by atoms with Crippen molar-refractivity contribution >= 4 is 11.3 Å². The van der Waals surface area contributed by atoms with E-state index in [-0.39, 0.29) is 5.54 Å². The van der Waals surface area contributed by atoms with Crippen molar-refractivity contribution in [3.63, 3.8) is 0 Å². The molecule has 0 aliphatic heterocycles. The average Bonchev–Trinajstić information content (AvgIpc) is 2.59. The summed E-state index contributed by atoms with van der Waals surface area (Å²) in [5, 5.41) is 1.05. The van der Waals surface area contributed by atoms with E-state index in [0.717, 1.165) is 22.7 Å². The number of nitrogens with two attached hydrogens (primary N) is 1. The number of thiazole rings is 1. The van der Waals surface area contributed by atoms with Crippen LogP contribution < -0.4 is 5.73 Å². The third-order valence-electron chi connectivity index (χ3n) is 2.44. The van der Waals surface area contributed by atoms with Gasteiger partial charge in [0.1, 0.15) is 5.01 Å². The minimum absolute atomic E-state index is 0.188. The Hall–Kier alpha value is -1.26. The quantitative estimate of drug-likeness (QED) is 0.907. The summed E-state index contributed by atoms with van der Waals surface area (Å²) in [4.78, 5) is 9.88. The maximum atomic E-state index is 6.05. The van der Waals surface area contributed by atoms with Gasteiger partial charge in [0, 0.05) is 34.8 Å². The summed E-state index contributed by atoms with van der Waals surface area (Å²) in [6.07, 6.45) is 4.44. The Morgan fingerprint density at radius 3 is 2.53 bits per heavy atom. The minimum atomic E-state index is -0.188. The van der Waals surface area contributed by atoms with Crippen molar-refractivity contribution in [2.24, 2.45) is 5.73 Å². The zero-order valence-corrected chi connectivity index (χ0v) is 11.2. The summed E-state index contributed by atoms with van der Waals surface area (Å²) >= 11 is 1.72. The molecule has 0 unspecified atom stereocenters. The number of aromatic nitrogens is 2. The van der Waals surface area contributed by atoms with Crippen molar-refractivity contribution in [3.05, 3.63) is 35.1 Å². The Morgan fingerprint density at radius 1 is 1.29 bits per heavy atom. The molecule has 4 heteroatoms. The molecule has 0 aliphatic rings. The molecular weight excluding hydrogens is 230 g/mol. The Morgan fingerprint density at radius 2 is 1.94 bits per heavy atom. The Kier molecular flexibility index (Phi) is 3.26. The number of hydrogen-bond acceptors (Lipinski definition) is 4. The second kappa shape index (κ2) is 4.55. The van der Waals surface area contributed by atoms with Crippen LogP contribution in [-0.2, 0) is 6.42 Å². The molecule has 0 spiro atoms. The number of hydrogen-bond donors (Lipinski definition) is 1. The van der Waals surface area contributed by atoms with Crippen LogP contribution in [0, 0.1) is 6.92 Å². The van der Waals surface area contributed by atoms with Gasteiger partial charge in [-0.25, -0.2) is 4.98 Å². The molecule has 0 aliphatic carbocycles. The van der Waals surface area contributed by atoms with Gasteiger partial charge in [0.25, 0.3) is 0 Å². The van der Waals surface area contributed by atoms with Gasteiger partial charge >= 0.3 is 0 Å². The van der Waals surface area contributed by atoms with Crippen LogP contribution in [-0.4, -0.2) is 15.5 Å². The molecule has 0 bridgehead atoms. The van der Waals surface area contributed by atoms with Gasteiger partial charge < -0.3 is 5.73 Å². The van der Waals surface area contributed by atoms with Crippen molar-refractivity contribution < 1.29 is 0 Å². The van der Waals surface area contributed by atoms with Crippen molar-refractivity contribution in [2.45, 2.75) is 32.7 Å². The van der Waals surface area contributed by atoms with Gasteiger partial charge in [0.05, 0.1) is 5.69 Å². The lowest BCUT2D eigenvalue weighted by atomic mass is 10.0. The number of pyridine rings is 1. The molecule has 90 valence electrons. The van der Waals surface area contributed by atoms with E-state index in [2.05, 4.69) is 9.97 Å². The highest BCUT2D eigenvalue weighted by molar-refractivity contribution is 7.15. The van der Waals surface area contributed by atoms with Gasteiger partial charge in [0.15, 0.2) is 0 Å². The maximum absolute atomic E-state index is 6.05. The van der Waals surface area contributed by atoms with Crippen molar-refractivity contribution in [1.29, 1.82) is 0 Å². The maximum Gasteiger partial charge on any atom is 0.123 e. The summed E-state index contributed by atoms with van der Waals surface area (Å²) in [5.74, 6) is 0. The van der Waals surface area contributed by atoms with Crippen LogP contribution in [0.15, 0.2) is 24.5 Å². The second-order valence-electron chi connectivity index (χ2n) is 4.93. The average molecular weight is 247 g/mol. The first-order chi connectivity index (χ1) is 7.96. The van der Waals surface area contributed by atoms with Crippen LogP contribution in [0.5, 0.6) is 0 Å². The van der Waals surface area contributed by atoms with Gasteiger partial charge in [-0.1, -0.05) is 0 Å². The lowest BCUT2D eigenvalue weighted by Gasteiger charge is -2.16. The monoisotopic (exact) mass is 247 g/mol. The highest BCUT2D eigenvalue weighted by atomic mass is 32.1. The Bertz CT molecular complexity index is 497. The first-order valence-corrected chi connectivity index (χ1v) is 6.43. The van der Waals surface area contributed by atoms with Gasteiger partial charge in [-0.2, -0.15) is 0 Å². The van der Waals surface area contributed by atoms with E-state index in [1.165, 1.54) is 4.88 Å². The minimum Gasteiger partial charge on any atom is -0.325 e. The molecule has 2 aromatic rings. The molecule has 2 aromatic heterocycles. The third kappa shape index (κ3) is 3.11. The summed E-state index contributed by atoms with van der Waals surface area (Å²) in [7, 11) is 0. The van der Waals surface area contributed by atoms with E-state index in [9.17, 15) is 0 Å². The molecule has 0 atom stereocenters. The van der Waals surface area contributed by atoms with Crippen molar-refractivity contribution in [2.75, 3.05) is 0 Å². The van der Waals surface area contributed by atoms with E-state index in [0.29, 0.717) is 0 Å². The summed E-state index contributed by atoms with van der Waals surface area (Å²) < 4.78 is 0. The number of rotatable bonds is 3. The molecule has 17 heavy (non-hydrogen) atoms. The fourth-order valence-corrected chi connectivity index (χ4v) is 2.93. The van der Waals surface area contributed by atoms with Crippen LogP contribution in [0.2, 0.25) is 0 Å². The van der Waals surface area contributed by atoms with E-state index < -0.39 is 0 Å². The Labute approximate surface area is 106 Å². The van der Waals surface area contributed by atoms with E-state index in [1.54, 1.807) is 23.7 Å². The third-order valence-corrected chi connectivity index (χ3v) is 3.64. The molecule has 3 nitrogen and oxygen atoms in total. The first kappa shape index (κ1) is 12.2. The van der Waals surface area contributed by atoms with Crippen molar-refractivity contribution in [3.8, 4) is 10.6 Å². The lowest BCUT2D eigenvalue weighted by molar-refractivity contribution is 0.519. The summed E-state index contributed by atoms with van der Waals surface area (Å²) in [5.41, 5.74) is 8.07. The molecule has 0 saturated heterocycles. The van der Waals surface area contributed by atoms with Gasteiger partial charge in [0.2, 0.25) is 0 Å².